The van der Waals surface area contributed by atoms with Crippen molar-refractivity contribution in [2.45, 2.75) is 39.2 Å². The summed E-state index contributed by atoms with van der Waals surface area (Å²) < 4.78 is 35.0. The molecule has 1 unspecified atom stereocenters. The van der Waals surface area contributed by atoms with Gasteiger partial charge in [0.15, 0.2) is 0 Å². The van der Waals surface area contributed by atoms with Gasteiger partial charge in [0.2, 0.25) is 10.0 Å². The van der Waals surface area contributed by atoms with Crippen LogP contribution in [0.15, 0.2) is 0 Å². The Balaban J connectivity index is 4.51. The Labute approximate surface area is 120 Å². The molecule has 118 valence electrons. The number of carbonyl (C=O) groups is 2. The number of rotatable bonds is 9. The summed E-state index contributed by atoms with van der Waals surface area (Å²) in [4.78, 5) is 22.4. The van der Waals surface area contributed by atoms with Crippen molar-refractivity contribution in [3.8, 4) is 0 Å². The molecule has 20 heavy (non-hydrogen) atoms. The van der Waals surface area contributed by atoms with E-state index in [0.717, 1.165) is 0 Å². The number of esters is 2. The third-order valence-electron chi connectivity index (χ3n) is 2.54. The average molecular weight is 309 g/mol. The minimum Gasteiger partial charge on any atom is -0.469 e. The van der Waals surface area contributed by atoms with Crippen LogP contribution < -0.4 is 4.72 Å². The first kappa shape index (κ1) is 18.9. The molecule has 0 spiro atoms. The van der Waals surface area contributed by atoms with E-state index >= 15 is 0 Å². The zero-order chi connectivity index (χ0) is 15.8. The summed E-state index contributed by atoms with van der Waals surface area (Å²) in [6.45, 7) is 3.75. The maximum Gasteiger partial charge on any atom is 0.323 e. The van der Waals surface area contributed by atoms with Crippen LogP contribution in [0.4, 0.5) is 0 Å². The second-order valence-electron chi connectivity index (χ2n) is 4.82. The maximum absolute atomic E-state index is 11.8. The van der Waals surface area contributed by atoms with E-state index in [9.17, 15) is 18.0 Å². The maximum atomic E-state index is 11.8. The first-order valence-corrected chi connectivity index (χ1v) is 8.01. The van der Waals surface area contributed by atoms with Crippen molar-refractivity contribution >= 4 is 22.0 Å². The highest BCUT2D eigenvalue weighted by Crippen LogP contribution is 2.08. The van der Waals surface area contributed by atoms with Gasteiger partial charge in [-0.15, -0.1) is 0 Å². The molecule has 0 aliphatic heterocycles. The third kappa shape index (κ3) is 8.11. The summed E-state index contributed by atoms with van der Waals surface area (Å²) in [5, 5.41) is 0. The van der Waals surface area contributed by atoms with Crippen molar-refractivity contribution in [2.24, 2.45) is 5.92 Å². The van der Waals surface area contributed by atoms with Crippen LogP contribution in [-0.4, -0.2) is 46.4 Å². The quantitative estimate of drug-likeness (QED) is 0.621. The summed E-state index contributed by atoms with van der Waals surface area (Å²) in [6.07, 6.45) is 0.505. The smallest absolute Gasteiger partial charge is 0.323 e. The summed E-state index contributed by atoms with van der Waals surface area (Å²) in [5.41, 5.74) is 0. The summed E-state index contributed by atoms with van der Waals surface area (Å²) >= 11 is 0. The van der Waals surface area contributed by atoms with E-state index in [1.165, 1.54) is 14.2 Å². The van der Waals surface area contributed by atoms with Crippen LogP contribution in [0.2, 0.25) is 0 Å². The van der Waals surface area contributed by atoms with Crippen LogP contribution in [-0.2, 0) is 29.1 Å². The number of ether oxygens (including phenoxy) is 2. The SMILES string of the molecule is COC(=O)CCCS(=O)(=O)NC(CC(C)C)C(=O)OC. The van der Waals surface area contributed by atoms with Crippen LogP contribution in [0.5, 0.6) is 0 Å². The molecule has 0 rings (SSSR count). The summed E-state index contributed by atoms with van der Waals surface area (Å²) in [7, 11) is -1.19. The molecule has 0 aliphatic carbocycles. The zero-order valence-electron chi connectivity index (χ0n) is 12.3. The third-order valence-corrected chi connectivity index (χ3v) is 4.01. The van der Waals surface area contributed by atoms with Crippen molar-refractivity contribution in [3.05, 3.63) is 0 Å². The molecule has 0 amide bonds. The lowest BCUT2D eigenvalue weighted by Gasteiger charge is -2.18. The molecule has 0 saturated carbocycles. The Bertz CT molecular complexity index is 418. The molecule has 1 atom stereocenters. The fourth-order valence-electron chi connectivity index (χ4n) is 1.59. The summed E-state index contributed by atoms with van der Waals surface area (Å²) in [6, 6.07) is -0.900. The van der Waals surface area contributed by atoms with Crippen molar-refractivity contribution in [3.63, 3.8) is 0 Å². The van der Waals surface area contributed by atoms with E-state index < -0.39 is 28.0 Å². The predicted molar refractivity (Wildman–Crippen MR) is 73.4 cm³/mol. The molecule has 0 bridgehead atoms. The van der Waals surface area contributed by atoms with Gasteiger partial charge >= 0.3 is 11.9 Å². The fraction of sp³-hybridized carbons (Fsp3) is 0.833. The fourth-order valence-corrected chi connectivity index (χ4v) is 2.86. The Morgan fingerprint density at radius 3 is 2.20 bits per heavy atom. The minimum absolute atomic E-state index is 0.0183. The largest absolute Gasteiger partial charge is 0.469 e. The Kier molecular flexibility index (Phi) is 8.40. The molecule has 0 saturated heterocycles. The molecular formula is C12H23NO6S. The van der Waals surface area contributed by atoms with E-state index in [-0.39, 0.29) is 24.5 Å². The molecule has 7 nitrogen and oxygen atoms in total. The lowest BCUT2D eigenvalue weighted by molar-refractivity contribution is -0.143. The van der Waals surface area contributed by atoms with Crippen molar-refractivity contribution in [1.29, 1.82) is 0 Å². The van der Waals surface area contributed by atoms with Crippen LogP contribution in [0.1, 0.15) is 33.1 Å². The molecule has 1 N–H and O–H groups in total. The molecule has 8 heteroatoms. The van der Waals surface area contributed by atoms with E-state index in [1.807, 2.05) is 13.8 Å². The molecule has 0 aromatic rings. The normalized spacial score (nSPS) is 13.1. The van der Waals surface area contributed by atoms with Crippen molar-refractivity contribution < 1.29 is 27.5 Å². The van der Waals surface area contributed by atoms with Gasteiger partial charge in [-0.25, -0.2) is 13.1 Å². The van der Waals surface area contributed by atoms with Gasteiger partial charge in [-0.05, 0) is 18.8 Å². The Hall–Kier alpha value is -1.15. The van der Waals surface area contributed by atoms with Crippen LogP contribution >= 0.6 is 0 Å². The van der Waals surface area contributed by atoms with E-state index in [1.54, 1.807) is 0 Å². The molecule has 0 aliphatic rings. The van der Waals surface area contributed by atoms with Crippen molar-refractivity contribution in [2.75, 3.05) is 20.0 Å². The molecule has 0 fully saturated rings. The number of methoxy groups -OCH3 is 2. The molecule has 0 aromatic carbocycles. The number of nitrogens with one attached hydrogen (secondary N) is 1. The van der Waals surface area contributed by atoms with Gasteiger partial charge in [-0.3, -0.25) is 9.59 Å². The van der Waals surface area contributed by atoms with Crippen molar-refractivity contribution in [1.82, 2.24) is 4.72 Å². The van der Waals surface area contributed by atoms with E-state index in [0.29, 0.717) is 6.42 Å². The lowest BCUT2D eigenvalue weighted by Crippen LogP contribution is -2.43. The van der Waals surface area contributed by atoms with Gasteiger partial charge in [-0.1, -0.05) is 13.8 Å². The number of hydrogen-bond donors (Lipinski definition) is 1. The number of hydrogen-bond acceptors (Lipinski definition) is 6. The van der Waals surface area contributed by atoms with E-state index in [2.05, 4.69) is 14.2 Å². The van der Waals surface area contributed by atoms with Gasteiger partial charge in [0.25, 0.3) is 0 Å². The molecule has 0 radical (unpaired) electrons. The summed E-state index contributed by atoms with van der Waals surface area (Å²) in [5.74, 6) is -1.19. The molecular weight excluding hydrogens is 286 g/mol. The van der Waals surface area contributed by atoms with Crippen LogP contribution in [0.25, 0.3) is 0 Å². The van der Waals surface area contributed by atoms with Gasteiger partial charge in [0.1, 0.15) is 6.04 Å². The Morgan fingerprint density at radius 2 is 1.75 bits per heavy atom. The van der Waals surface area contributed by atoms with Gasteiger partial charge < -0.3 is 9.47 Å². The first-order chi connectivity index (χ1) is 9.21. The first-order valence-electron chi connectivity index (χ1n) is 6.36. The minimum atomic E-state index is -3.64. The molecule has 0 heterocycles. The highest BCUT2D eigenvalue weighted by atomic mass is 32.2. The van der Waals surface area contributed by atoms with Crippen LogP contribution in [0, 0.1) is 5.92 Å². The van der Waals surface area contributed by atoms with Gasteiger partial charge in [0.05, 0.1) is 20.0 Å². The van der Waals surface area contributed by atoms with Crippen LogP contribution in [0.3, 0.4) is 0 Å². The standard InChI is InChI=1S/C12H23NO6S/c1-9(2)8-10(12(15)19-4)13-20(16,17)7-5-6-11(14)18-3/h9-10,13H,5-8H2,1-4H3. The lowest BCUT2D eigenvalue weighted by atomic mass is 10.1. The average Bonchev–Trinajstić information content (AvgIpc) is 2.35. The number of sulfonamides is 1. The van der Waals surface area contributed by atoms with Gasteiger partial charge in [-0.2, -0.15) is 0 Å². The van der Waals surface area contributed by atoms with Gasteiger partial charge in [0, 0.05) is 6.42 Å². The second kappa shape index (κ2) is 8.91. The molecule has 0 aromatic heterocycles. The van der Waals surface area contributed by atoms with E-state index in [4.69, 9.17) is 0 Å². The highest BCUT2D eigenvalue weighted by Gasteiger charge is 2.25. The second-order valence-corrected chi connectivity index (χ2v) is 6.70. The Morgan fingerprint density at radius 1 is 1.15 bits per heavy atom. The zero-order valence-corrected chi connectivity index (χ0v) is 13.2. The number of carbonyl (C=O) groups excluding carboxylic acids is 2. The highest BCUT2D eigenvalue weighted by molar-refractivity contribution is 7.89. The monoisotopic (exact) mass is 309 g/mol. The predicted octanol–water partition coefficient (Wildman–Crippen LogP) is 0.447. The topological polar surface area (TPSA) is 98.8 Å².